The van der Waals surface area contributed by atoms with Crippen molar-refractivity contribution in [2.75, 3.05) is 18.0 Å². The zero-order valence-corrected chi connectivity index (χ0v) is 16.2. The highest BCUT2D eigenvalue weighted by Crippen LogP contribution is 2.24. The molecule has 1 saturated heterocycles. The zero-order valence-electron chi connectivity index (χ0n) is 15.4. The van der Waals surface area contributed by atoms with Gasteiger partial charge in [-0.3, -0.25) is 18.8 Å². The topological polar surface area (TPSA) is 83.8 Å². The molecule has 28 heavy (non-hydrogen) atoms. The van der Waals surface area contributed by atoms with E-state index in [0.29, 0.717) is 30.2 Å². The Hall–Kier alpha value is -3.00. The van der Waals surface area contributed by atoms with Gasteiger partial charge in [0.25, 0.3) is 5.56 Å². The van der Waals surface area contributed by atoms with E-state index in [1.54, 1.807) is 16.2 Å². The van der Waals surface area contributed by atoms with Gasteiger partial charge in [-0.2, -0.15) is 0 Å². The molecule has 1 N–H and O–H groups in total. The van der Waals surface area contributed by atoms with Crippen molar-refractivity contribution >= 4 is 33.8 Å². The van der Waals surface area contributed by atoms with Crippen LogP contribution in [-0.2, 0) is 16.0 Å². The molecular weight excluding hydrogens is 376 g/mol. The van der Waals surface area contributed by atoms with Crippen LogP contribution in [-0.4, -0.2) is 34.3 Å². The summed E-state index contributed by atoms with van der Waals surface area (Å²) in [5.74, 6) is -0.533. The van der Waals surface area contributed by atoms with Gasteiger partial charge in [0.2, 0.25) is 11.8 Å². The van der Waals surface area contributed by atoms with Crippen molar-refractivity contribution in [3.05, 3.63) is 63.5 Å². The van der Waals surface area contributed by atoms with Gasteiger partial charge in [0.1, 0.15) is 0 Å². The predicted molar refractivity (Wildman–Crippen MR) is 108 cm³/mol. The monoisotopic (exact) mass is 396 g/mol. The van der Waals surface area contributed by atoms with E-state index in [1.807, 2.05) is 35.7 Å². The summed E-state index contributed by atoms with van der Waals surface area (Å²) in [6.07, 6.45) is 0.740. The Labute approximate surface area is 165 Å². The van der Waals surface area contributed by atoms with E-state index in [1.165, 1.54) is 17.4 Å². The second kappa shape index (κ2) is 7.55. The average Bonchev–Trinajstić information content (AvgIpc) is 3.26. The van der Waals surface area contributed by atoms with Crippen molar-refractivity contribution in [2.45, 2.75) is 19.8 Å². The SMILES string of the molecule is Cc1cc(=O)n2c(CCNC(=O)C3CC(=O)N(c4ccccc4)C3)csc2n1. The van der Waals surface area contributed by atoms with Crippen LogP contribution in [0, 0.1) is 12.8 Å². The summed E-state index contributed by atoms with van der Waals surface area (Å²) in [6, 6.07) is 10.9. The second-order valence-corrected chi connectivity index (χ2v) is 7.70. The molecule has 1 aliphatic rings. The largest absolute Gasteiger partial charge is 0.355 e. The molecule has 2 amide bonds. The zero-order chi connectivity index (χ0) is 19.7. The molecule has 144 valence electrons. The van der Waals surface area contributed by atoms with Crippen LogP contribution in [0.3, 0.4) is 0 Å². The summed E-state index contributed by atoms with van der Waals surface area (Å²) in [7, 11) is 0. The minimum atomic E-state index is -0.362. The van der Waals surface area contributed by atoms with Gasteiger partial charge in [-0.1, -0.05) is 18.2 Å². The van der Waals surface area contributed by atoms with Crippen LogP contribution in [0.25, 0.3) is 4.96 Å². The number of fused-ring (bicyclic) bond motifs is 1. The van der Waals surface area contributed by atoms with Crippen LogP contribution >= 0.6 is 11.3 Å². The summed E-state index contributed by atoms with van der Waals surface area (Å²) in [6.45, 7) is 2.59. The van der Waals surface area contributed by atoms with Crippen molar-refractivity contribution in [3.63, 3.8) is 0 Å². The number of aryl methyl sites for hydroxylation is 1. The normalized spacial score (nSPS) is 16.7. The highest BCUT2D eigenvalue weighted by atomic mass is 32.1. The van der Waals surface area contributed by atoms with Gasteiger partial charge in [0, 0.05) is 54.5 Å². The second-order valence-electron chi connectivity index (χ2n) is 6.86. The number of thiazole rings is 1. The Balaban J connectivity index is 1.37. The fourth-order valence-corrected chi connectivity index (χ4v) is 4.43. The van der Waals surface area contributed by atoms with Gasteiger partial charge >= 0.3 is 0 Å². The number of hydrogen-bond donors (Lipinski definition) is 1. The molecule has 0 aliphatic carbocycles. The van der Waals surface area contributed by atoms with Gasteiger partial charge in [0.15, 0.2) is 4.96 Å². The van der Waals surface area contributed by atoms with E-state index >= 15 is 0 Å². The maximum atomic E-state index is 12.5. The Kier molecular flexibility index (Phi) is 4.95. The molecular formula is C20H20N4O3S. The number of amides is 2. The van der Waals surface area contributed by atoms with Crippen LogP contribution in [0.4, 0.5) is 5.69 Å². The van der Waals surface area contributed by atoms with Gasteiger partial charge in [-0.25, -0.2) is 4.98 Å². The van der Waals surface area contributed by atoms with Gasteiger partial charge in [-0.05, 0) is 19.1 Å². The summed E-state index contributed by atoms with van der Waals surface area (Å²) >= 11 is 1.41. The van der Waals surface area contributed by atoms with Gasteiger partial charge in [0.05, 0.1) is 5.92 Å². The fraction of sp³-hybridized carbons (Fsp3) is 0.300. The standard InChI is InChI=1S/C20H20N4O3S/c1-13-9-18(26)24-16(12-28-20(24)22-13)7-8-21-19(27)14-10-17(25)23(11-14)15-5-3-2-4-6-15/h2-6,9,12,14H,7-8,10-11H2,1H3,(H,21,27). The third-order valence-corrected chi connectivity index (χ3v) is 5.72. The molecule has 0 saturated carbocycles. The van der Waals surface area contributed by atoms with Crippen LogP contribution in [0.2, 0.25) is 0 Å². The highest BCUT2D eigenvalue weighted by molar-refractivity contribution is 7.15. The number of nitrogens with zero attached hydrogens (tertiary/aromatic N) is 3. The summed E-state index contributed by atoms with van der Waals surface area (Å²) in [5, 5.41) is 4.80. The lowest BCUT2D eigenvalue weighted by Gasteiger charge is -2.16. The summed E-state index contributed by atoms with van der Waals surface area (Å²) in [5.41, 5.74) is 2.23. The molecule has 0 bridgehead atoms. The summed E-state index contributed by atoms with van der Waals surface area (Å²) in [4.78, 5) is 43.6. The first-order valence-electron chi connectivity index (χ1n) is 9.13. The smallest absolute Gasteiger partial charge is 0.258 e. The van der Waals surface area contributed by atoms with Crippen molar-refractivity contribution in [2.24, 2.45) is 5.92 Å². The Bertz CT molecular complexity index is 1090. The number of carbonyl (C=O) groups excluding carboxylic acids is 2. The number of aromatic nitrogens is 2. The van der Waals surface area contributed by atoms with E-state index in [-0.39, 0.29) is 29.7 Å². The van der Waals surface area contributed by atoms with Crippen LogP contribution < -0.4 is 15.8 Å². The van der Waals surface area contributed by atoms with Crippen molar-refractivity contribution in [1.29, 1.82) is 0 Å². The van der Waals surface area contributed by atoms with Crippen LogP contribution in [0.5, 0.6) is 0 Å². The Morgan fingerprint density at radius 2 is 2.07 bits per heavy atom. The molecule has 7 nitrogen and oxygen atoms in total. The molecule has 8 heteroatoms. The van der Waals surface area contributed by atoms with Crippen molar-refractivity contribution < 1.29 is 9.59 Å². The molecule has 3 aromatic rings. The number of nitrogens with one attached hydrogen (secondary N) is 1. The molecule has 1 unspecified atom stereocenters. The van der Waals surface area contributed by atoms with Crippen LogP contribution in [0.1, 0.15) is 17.8 Å². The number of carbonyl (C=O) groups is 2. The number of benzene rings is 1. The molecule has 0 spiro atoms. The minimum absolute atomic E-state index is 0.0387. The highest BCUT2D eigenvalue weighted by Gasteiger charge is 2.34. The maximum absolute atomic E-state index is 12.5. The van der Waals surface area contributed by atoms with Gasteiger partial charge in [-0.15, -0.1) is 11.3 Å². The average molecular weight is 396 g/mol. The lowest BCUT2D eigenvalue weighted by Crippen LogP contribution is -2.34. The van der Waals surface area contributed by atoms with Crippen LogP contribution in [0.15, 0.2) is 46.6 Å². The molecule has 1 aromatic carbocycles. The molecule has 1 atom stereocenters. The lowest BCUT2D eigenvalue weighted by atomic mass is 10.1. The molecule has 2 aromatic heterocycles. The number of anilines is 1. The third kappa shape index (κ3) is 3.55. The third-order valence-electron chi connectivity index (χ3n) is 4.85. The predicted octanol–water partition coefficient (Wildman–Crippen LogP) is 1.78. The first-order chi connectivity index (χ1) is 13.5. The maximum Gasteiger partial charge on any atom is 0.258 e. The number of hydrogen-bond acceptors (Lipinski definition) is 5. The molecule has 4 rings (SSSR count). The van der Waals surface area contributed by atoms with E-state index in [2.05, 4.69) is 10.3 Å². The molecule has 0 radical (unpaired) electrons. The summed E-state index contributed by atoms with van der Waals surface area (Å²) < 4.78 is 1.58. The first kappa shape index (κ1) is 18.4. The first-order valence-corrected chi connectivity index (χ1v) is 10.0. The van der Waals surface area contributed by atoms with E-state index in [9.17, 15) is 14.4 Å². The number of rotatable bonds is 5. The van der Waals surface area contributed by atoms with Crippen molar-refractivity contribution in [3.8, 4) is 0 Å². The number of para-hydroxylation sites is 1. The fourth-order valence-electron chi connectivity index (χ4n) is 3.46. The molecule has 3 heterocycles. The minimum Gasteiger partial charge on any atom is -0.355 e. The van der Waals surface area contributed by atoms with Gasteiger partial charge < -0.3 is 10.2 Å². The quantitative estimate of drug-likeness (QED) is 0.713. The lowest BCUT2D eigenvalue weighted by molar-refractivity contribution is -0.126. The van der Waals surface area contributed by atoms with E-state index < -0.39 is 0 Å². The molecule has 1 fully saturated rings. The Morgan fingerprint density at radius 1 is 1.29 bits per heavy atom. The Morgan fingerprint density at radius 3 is 2.86 bits per heavy atom. The molecule has 1 aliphatic heterocycles. The van der Waals surface area contributed by atoms with Crippen molar-refractivity contribution in [1.82, 2.24) is 14.7 Å². The van der Waals surface area contributed by atoms with E-state index in [0.717, 1.165) is 11.4 Å². The van der Waals surface area contributed by atoms with E-state index in [4.69, 9.17) is 0 Å².